The third kappa shape index (κ3) is 3.64. The molecular weight excluding hydrogens is 308 g/mol. The van der Waals surface area contributed by atoms with E-state index in [4.69, 9.17) is 0 Å². The lowest BCUT2D eigenvalue weighted by atomic mass is 9.93. The van der Waals surface area contributed by atoms with Crippen molar-refractivity contribution >= 4 is 23.1 Å². The SMILES string of the molecule is Cc1cc(NC(=O)CN2CCCC2(C)Cc2cccs2)n(C)n1. The van der Waals surface area contributed by atoms with Crippen LogP contribution in [0.25, 0.3) is 0 Å². The van der Waals surface area contributed by atoms with Crippen LogP contribution in [0.15, 0.2) is 23.6 Å². The van der Waals surface area contributed by atoms with Gasteiger partial charge in [-0.2, -0.15) is 5.10 Å². The number of carbonyl (C=O) groups excluding carboxylic acids is 1. The second-order valence-electron chi connectivity index (χ2n) is 6.62. The Bertz CT molecular complexity index is 679. The number of rotatable bonds is 5. The van der Waals surface area contributed by atoms with Gasteiger partial charge in [0.2, 0.25) is 5.91 Å². The molecule has 3 heterocycles. The fraction of sp³-hybridized carbons (Fsp3) is 0.529. The molecule has 1 fully saturated rings. The van der Waals surface area contributed by atoms with Crippen LogP contribution in [-0.2, 0) is 18.3 Å². The zero-order valence-corrected chi connectivity index (χ0v) is 14.8. The molecule has 2 aromatic heterocycles. The first-order valence-corrected chi connectivity index (χ1v) is 8.92. The molecule has 124 valence electrons. The number of aromatic nitrogens is 2. The Balaban J connectivity index is 1.64. The first kappa shape index (κ1) is 16.2. The van der Waals surface area contributed by atoms with Crippen molar-refractivity contribution < 1.29 is 4.79 Å². The molecule has 1 saturated heterocycles. The number of nitrogens with zero attached hydrogens (tertiary/aromatic N) is 3. The highest BCUT2D eigenvalue weighted by molar-refractivity contribution is 7.09. The van der Waals surface area contributed by atoms with Crippen LogP contribution < -0.4 is 5.32 Å². The van der Waals surface area contributed by atoms with Gasteiger partial charge in [-0.05, 0) is 51.1 Å². The van der Waals surface area contributed by atoms with Gasteiger partial charge in [0.1, 0.15) is 5.82 Å². The summed E-state index contributed by atoms with van der Waals surface area (Å²) < 4.78 is 1.71. The van der Waals surface area contributed by atoms with Crippen molar-refractivity contribution in [2.24, 2.45) is 7.05 Å². The normalized spacial score (nSPS) is 21.7. The third-order valence-electron chi connectivity index (χ3n) is 4.65. The summed E-state index contributed by atoms with van der Waals surface area (Å²) in [5.41, 5.74) is 0.983. The first-order chi connectivity index (χ1) is 11.0. The van der Waals surface area contributed by atoms with Crippen molar-refractivity contribution in [3.63, 3.8) is 0 Å². The molecule has 0 spiro atoms. The number of hydrogen-bond donors (Lipinski definition) is 1. The number of aryl methyl sites for hydroxylation is 2. The van der Waals surface area contributed by atoms with Crippen molar-refractivity contribution in [1.29, 1.82) is 0 Å². The molecule has 1 N–H and O–H groups in total. The maximum atomic E-state index is 12.4. The lowest BCUT2D eigenvalue weighted by molar-refractivity contribution is -0.118. The fourth-order valence-corrected chi connectivity index (χ4v) is 4.30. The summed E-state index contributed by atoms with van der Waals surface area (Å²) in [7, 11) is 1.85. The van der Waals surface area contributed by atoms with E-state index in [0.717, 1.165) is 37.3 Å². The molecule has 1 aliphatic heterocycles. The molecule has 0 radical (unpaired) electrons. The third-order valence-corrected chi connectivity index (χ3v) is 5.52. The number of amides is 1. The molecule has 6 heteroatoms. The number of hydrogen-bond acceptors (Lipinski definition) is 4. The van der Waals surface area contributed by atoms with Crippen LogP contribution in [-0.4, -0.2) is 39.2 Å². The highest BCUT2D eigenvalue weighted by Crippen LogP contribution is 2.33. The summed E-state index contributed by atoms with van der Waals surface area (Å²) >= 11 is 1.80. The van der Waals surface area contributed by atoms with E-state index >= 15 is 0 Å². The van der Waals surface area contributed by atoms with Crippen molar-refractivity contribution in [3.8, 4) is 0 Å². The molecule has 0 aromatic carbocycles. The van der Waals surface area contributed by atoms with Crippen molar-refractivity contribution in [2.45, 2.75) is 38.6 Å². The quantitative estimate of drug-likeness (QED) is 0.916. The van der Waals surface area contributed by atoms with Crippen LogP contribution in [0.2, 0.25) is 0 Å². The largest absolute Gasteiger partial charge is 0.310 e. The standard InChI is InChI=1S/C17H24N4OS/c1-13-10-15(20(3)19-13)18-16(22)12-21-8-5-7-17(21,2)11-14-6-4-9-23-14/h4,6,9-10H,5,7-8,11-12H2,1-3H3,(H,18,22). The summed E-state index contributed by atoms with van der Waals surface area (Å²) in [5.74, 6) is 0.791. The Hall–Kier alpha value is -1.66. The number of carbonyl (C=O) groups is 1. The molecule has 0 saturated carbocycles. The Kier molecular flexibility index (Phi) is 4.55. The minimum absolute atomic E-state index is 0.0345. The van der Waals surface area contributed by atoms with Gasteiger partial charge in [0.05, 0.1) is 12.2 Å². The van der Waals surface area contributed by atoms with E-state index in [2.05, 4.69) is 39.8 Å². The molecule has 1 atom stereocenters. The molecular formula is C17H24N4OS. The molecule has 0 bridgehead atoms. The summed E-state index contributed by atoms with van der Waals surface area (Å²) in [6.45, 7) is 5.63. The minimum Gasteiger partial charge on any atom is -0.310 e. The molecule has 1 aliphatic rings. The van der Waals surface area contributed by atoms with Crippen LogP contribution in [0.5, 0.6) is 0 Å². The highest BCUT2D eigenvalue weighted by atomic mass is 32.1. The van der Waals surface area contributed by atoms with Crippen molar-refractivity contribution in [1.82, 2.24) is 14.7 Å². The molecule has 0 aliphatic carbocycles. The maximum Gasteiger partial charge on any atom is 0.239 e. The molecule has 23 heavy (non-hydrogen) atoms. The maximum absolute atomic E-state index is 12.4. The van der Waals surface area contributed by atoms with Gasteiger partial charge in [0.25, 0.3) is 0 Å². The van der Waals surface area contributed by atoms with Gasteiger partial charge in [-0.3, -0.25) is 14.4 Å². The van der Waals surface area contributed by atoms with Crippen LogP contribution in [0, 0.1) is 6.92 Å². The van der Waals surface area contributed by atoms with E-state index in [1.807, 2.05) is 20.0 Å². The van der Waals surface area contributed by atoms with Crippen LogP contribution in [0.3, 0.4) is 0 Å². The topological polar surface area (TPSA) is 50.2 Å². The van der Waals surface area contributed by atoms with Gasteiger partial charge >= 0.3 is 0 Å². The van der Waals surface area contributed by atoms with Gasteiger partial charge in [0, 0.05) is 23.5 Å². The minimum atomic E-state index is 0.0345. The molecule has 2 aromatic rings. The molecule has 5 nitrogen and oxygen atoms in total. The first-order valence-electron chi connectivity index (χ1n) is 8.04. The van der Waals surface area contributed by atoms with E-state index in [1.165, 1.54) is 4.88 Å². The van der Waals surface area contributed by atoms with E-state index in [0.29, 0.717) is 6.54 Å². The lowest BCUT2D eigenvalue weighted by Gasteiger charge is -2.34. The van der Waals surface area contributed by atoms with Crippen LogP contribution >= 0.6 is 11.3 Å². The Labute approximate surface area is 141 Å². The smallest absolute Gasteiger partial charge is 0.239 e. The number of thiophene rings is 1. The van der Waals surface area contributed by atoms with Gasteiger partial charge in [-0.15, -0.1) is 11.3 Å². The zero-order valence-electron chi connectivity index (χ0n) is 14.0. The Morgan fingerprint density at radius 2 is 2.35 bits per heavy atom. The van der Waals surface area contributed by atoms with E-state index < -0.39 is 0 Å². The van der Waals surface area contributed by atoms with Crippen molar-refractivity contribution in [3.05, 3.63) is 34.2 Å². The number of likely N-dealkylation sites (tertiary alicyclic amines) is 1. The van der Waals surface area contributed by atoms with Gasteiger partial charge in [0.15, 0.2) is 0 Å². The van der Waals surface area contributed by atoms with Gasteiger partial charge in [-0.1, -0.05) is 6.07 Å². The highest BCUT2D eigenvalue weighted by Gasteiger charge is 2.37. The summed E-state index contributed by atoms with van der Waals surface area (Å²) in [6.07, 6.45) is 3.31. The predicted molar refractivity (Wildman–Crippen MR) is 93.8 cm³/mol. The summed E-state index contributed by atoms with van der Waals surface area (Å²) in [4.78, 5) is 16.1. The van der Waals surface area contributed by atoms with E-state index in [-0.39, 0.29) is 11.4 Å². The van der Waals surface area contributed by atoms with Crippen LogP contribution in [0.1, 0.15) is 30.3 Å². The number of nitrogens with one attached hydrogen (secondary N) is 1. The summed E-state index contributed by atoms with van der Waals surface area (Å²) in [6, 6.07) is 6.18. The van der Waals surface area contributed by atoms with Crippen LogP contribution in [0.4, 0.5) is 5.82 Å². The number of anilines is 1. The molecule has 1 amide bonds. The summed E-state index contributed by atoms with van der Waals surface area (Å²) in [5, 5.41) is 9.36. The monoisotopic (exact) mass is 332 g/mol. The second kappa shape index (κ2) is 6.45. The lowest BCUT2D eigenvalue weighted by Crippen LogP contribution is -2.46. The Morgan fingerprint density at radius 1 is 1.52 bits per heavy atom. The average Bonchev–Trinajstić information content (AvgIpc) is 3.15. The fourth-order valence-electron chi connectivity index (χ4n) is 3.42. The van der Waals surface area contributed by atoms with E-state index in [9.17, 15) is 4.79 Å². The predicted octanol–water partition coefficient (Wildman–Crippen LogP) is 2.83. The van der Waals surface area contributed by atoms with Crippen molar-refractivity contribution in [2.75, 3.05) is 18.4 Å². The second-order valence-corrected chi connectivity index (χ2v) is 7.65. The molecule has 1 unspecified atom stereocenters. The Morgan fingerprint density at radius 3 is 3.00 bits per heavy atom. The van der Waals surface area contributed by atoms with Gasteiger partial charge in [-0.25, -0.2) is 0 Å². The zero-order chi connectivity index (χ0) is 16.4. The average molecular weight is 332 g/mol. The van der Waals surface area contributed by atoms with Gasteiger partial charge < -0.3 is 5.32 Å². The van der Waals surface area contributed by atoms with E-state index in [1.54, 1.807) is 16.0 Å². The molecule has 3 rings (SSSR count).